The van der Waals surface area contributed by atoms with E-state index < -0.39 is 24.4 Å². The molecule has 2 N–H and O–H groups in total. The molecule has 10 heteroatoms. The van der Waals surface area contributed by atoms with Crippen LogP contribution in [0.25, 0.3) is 0 Å². The fourth-order valence-electron chi connectivity index (χ4n) is 3.09. The van der Waals surface area contributed by atoms with Crippen LogP contribution in [-0.4, -0.2) is 29.8 Å². The van der Waals surface area contributed by atoms with Gasteiger partial charge in [-0.25, -0.2) is 4.39 Å². The number of carbonyl (C=O) groups is 1. The Morgan fingerprint density at radius 3 is 2.81 bits per heavy atom. The number of rotatable bonds is 6. The topological polar surface area (TPSA) is 78.9 Å². The van der Waals surface area contributed by atoms with E-state index in [-0.39, 0.29) is 12.5 Å². The standard InChI is InChI=1S/C21H18F3N5O2/c22-15-4-1-5-17(9-15)29(21(30)14-3-2-8-25-10-14)12-16-7-6-13(11-26-16)19-27-28-20(31-19)18(23)24/h1-9,11,18-19,25,27H,10,12H2. The van der Waals surface area contributed by atoms with E-state index in [9.17, 15) is 18.0 Å². The van der Waals surface area contributed by atoms with Crippen LogP contribution in [0, 0.1) is 5.82 Å². The third-order valence-electron chi connectivity index (χ3n) is 4.63. The molecule has 1 aromatic heterocycles. The fourth-order valence-corrected chi connectivity index (χ4v) is 3.09. The van der Waals surface area contributed by atoms with Crippen molar-refractivity contribution in [3.05, 3.63) is 83.6 Å². The Labute approximate surface area is 175 Å². The predicted molar refractivity (Wildman–Crippen MR) is 107 cm³/mol. The number of hydrogen-bond acceptors (Lipinski definition) is 6. The van der Waals surface area contributed by atoms with Crippen LogP contribution in [0.4, 0.5) is 18.9 Å². The largest absolute Gasteiger partial charge is 0.446 e. The molecule has 1 amide bonds. The molecule has 0 fully saturated rings. The quantitative estimate of drug-likeness (QED) is 0.738. The number of ether oxygens (including phenoxy) is 1. The van der Waals surface area contributed by atoms with E-state index in [2.05, 4.69) is 20.8 Å². The van der Waals surface area contributed by atoms with Crippen molar-refractivity contribution in [2.24, 2.45) is 5.10 Å². The minimum Gasteiger partial charge on any atom is -0.446 e. The highest BCUT2D eigenvalue weighted by Crippen LogP contribution is 2.23. The molecule has 0 saturated carbocycles. The molecular weight excluding hydrogens is 411 g/mol. The predicted octanol–water partition coefficient (Wildman–Crippen LogP) is 2.99. The van der Waals surface area contributed by atoms with Crippen molar-refractivity contribution in [3.8, 4) is 0 Å². The van der Waals surface area contributed by atoms with Crippen molar-refractivity contribution in [3.63, 3.8) is 0 Å². The van der Waals surface area contributed by atoms with Crippen LogP contribution in [0.15, 0.2) is 71.6 Å². The van der Waals surface area contributed by atoms with Gasteiger partial charge in [0.2, 0.25) is 6.23 Å². The number of halogens is 3. The van der Waals surface area contributed by atoms with E-state index in [0.29, 0.717) is 29.1 Å². The first-order valence-electron chi connectivity index (χ1n) is 9.40. The van der Waals surface area contributed by atoms with E-state index in [4.69, 9.17) is 4.74 Å². The summed E-state index contributed by atoms with van der Waals surface area (Å²) in [5, 5.41) is 6.42. The molecule has 0 aliphatic carbocycles. The number of allylic oxidation sites excluding steroid dienone is 2. The molecule has 1 aromatic carbocycles. The van der Waals surface area contributed by atoms with Gasteiger partial charge in [-0.1, -0.05) is 12.1 Å². The highest BCUT2D eigenvalue weighted by molar-refractivity contribution is 6.06. The zero-order valence-corrected chi connectivity index (χ0v) is 16.1. The first kappa shape index (κ1) is 20.5. The summed E-state index contributed by atoms with van der Waals surface area (Å²) in [6.45, 7) is 0.437. The van der Waals surface area contributed by atoms with Crippen LogP contribution in [0.1, 0.15) is 17.5 Å². The number of nitrogens with one attached hydrogen (secondary N) is 2. The molecule has 3 heterocycles. The Morgan fingerprint density at radius 1 is 1.29 bits per heavy atom. The van der Waals surface area contributed by atoms with Crippen LogP contribution in [-0.2, 0) is 16.1 Å². The molecule has 7 nitrogen and oxygen atoms in total. The van der Waals surface area contributed by atoms with Crippen molar-refractivity contribution in [2.75, 3.05) is 11.4 Å². The van der Waals surface area contributed by atoms with Gasteiger partial charge in [-0.3, -0.25) is 15.2 Å². The second kappa shape index (κ2) is 8.90. The van der Waals surface area contributed by atoms with Gasteiger partial charge in [-0.05, 0) is 42.6 Å². The summed E-state index contributed by atoms with van der Waals surface area (Å²) in [5.41, 5.74) is 4.40. The fraction of sp³-hybridized carbons (Fsp3) is 0.190. The van der Waals surface area contributed by atoms with Gasteiger partial charge in [-0.15, -0.1) is 5.10 Å². The lowest BCUT2D eigenvalue weighted by molar-refractivity contribution is -0.115. The summed E-state index contributed by atoms with van der Waals surface area (Å²) in [4.78, 5) is 18.9. The van der Waals surface area contributed by atoms with Gasteiger partial charge in [-0.2, -0.15) is 8.78 Å². The first-order chi connectivity index (χ1) is 15.0. The van der Waals surface area contributed by atoms with Crippen molar-refractivity contribution >= 4 is 17.5 Å². The lowest BCUT2D eigenvalue weighted by Gasteiger charge is -2.25. The van der Waals surface area contributed by atoms with Gasteiger partial charge in [0.1, 0.15) is 5.82 Å². The van der Waals surface area contributed by atoms with E-state index in [0.717, 1.165) is 0 Å². The molecule has 0 bridgehead atoms. The number of carbonyl (C=O) groups excluding carboxylic acids is 1. The van der Waals surface area contributed by atoms with Gasteiger partial charge in [0, 0.05) is 29.6 Å². The minimum atomic E-state index is -2.81. The normalized spacial score (nSPS) is 17.4. The third kappa shape index (κ3) is 4.68. The zero-order valence-electron chi connectivity index (χ0n) is 16.1. The number of anilines is 1. The van der Waals surface area contributed by atoms with Crippen molar-refractivity contribution in [2.45, 2.75) is 19.2 Å². The molecule has 0 spiro atoms. The molecule has 1 unspecified atom stereocenters. The van der Waals surface area contributed by atoms with Gasteiger partial charge in [0.15, 0.2) is 0 Å². The van der Waals surface area contributed by atoms with E-state index >= 15 is 0 Å². The summed E-state index contributed by atoms with van der Waals surface area (Å²) in [6.07, 6.45) is 2.93. The summed E-state index contributed by atoms with van der Waals surface area (Å²) in [5.74, 6) is -1.43. The van der Waals surface area contributed by atoms with Crippen molar-refractivity contribution in [1.29, 1.82) is 0 Å². The molecule has 0 saturated heterocycles. The smallest absolute Gasteiger partial charge is 0.314 e. The molecule has 0 radical (unpaired) electrons. The maximum atomic E-state index is 13.8. The van der Waals surface area contributed by atoms with E-state index in [1.54, 1.807) is 36.6 Å². The number of dihydropyridines is 1. The lowest BCUT2D eigenvalue weighted by atomic mass is 10.1. The van der Waals surface area contributed by atoms with Crippen LogP contribution in [0.2, 0.25) is 0 Å². The van der Waals surface area contributed by atoms with E-state index in [1.807, 2.05) is 0 Å². The number of amides is 1. The summed E-state index contributed by atoms with van der Waals surface area (Å²) in [6, 6.07) is 9.03. The Morgan fingerprint density at radius 2 is 2.16 bits per heavy atom. The van der Waals surface area contributed by atoms with Crippen LogP contribution < -0.4 is 15.6 Å². The molecule has 2 aliphatic heterocycles. The zero-order chi connectivity index (χ0) is 21.8. The van der Waals surface area contributed by atoms with Gasteiger partial charge in [0.25, 0.3) is 11.8 Å². The highest BCUT2D eigenvalue weighted by Gasteiger charge is 2.28. The Kier molecular flexibility index (Phi) is 5.87. The SMILES string of the molecule is O=C(C1=CC=CNC1)N(Cc1ccc(C2NN=C(C(F)F)O2)cn1)c1cccc(F)c1. The number of hydrogen-bond donors (Lipinski definition) is 2. The number of hydrazone groups is 1. The molecule has 31 heavy (non-hydrogen) atoms. The second-order valence-corrected chi connectivity index (χ2v) is 6.76. The van der Waals surface area contributed by atoms with Crippen LogP contribution >= 0.6 is 0 Å². The number of aromatic nitrogens is 1. The third-order valence-corrected chi connectivity index (χ3v) is 4.63. The van der Waals surface area contributed by atoms with Gasteiger partial charge in [0.05, 0.1) is 12.2 Å². The maximum absolute atomic E-state index is 13.8. The Balaban J connectivity index is 1.54. The van der Waals surface area contributed by atoms with Crippen LogP contribution in [0.5, 0.6) is 0 Å². The average molecular weight is 429 g/mol. The second-order valence-electron chi connectivity index (χ2n) is 6.76. The van der Waals surface area contributed by atoms with Gasteiger partial charge < -0.3 is 15.0 Å². The maximum Gasteiger partial charge on any atom is 0.314 e. The number of pyridine rings is 1. The summed E-state index contributed by atoms with van der Waals surface area (Å²) in [7, 11) is 0. The van der Waals surface area contributed by atoms with Crippen molar-refractivity contribution in [1.82, 2.24) is 15.7 Å². The van der Waals surface area contributed by atoms with Crippen molar-refractivity contribution < 1.29 is 22.7 Å². The van der Waals surface area contributed by atoms with E-state index in [1.165, 1.54) is 29.3 Å². The average Bonchev–Trinajstić information content (AvgIpc) is 3.29. The molecule has 160 valence electrons. The number of alkyl halides is 2. The van der Waals surface area contributed by atoms with Gasteiger partial charge >= 0.3 is 6.43 Å². The minimum absolute atomic E-state index is 0.0847. The highest BCUT2D eigenvalue weighted by atomic mass is 19.3. The number of benzene rings is 1. The first-order valence-corrected chi connectivity index (χ1v) is 9.40. The molecule has 1 atom stereocenters. The summed E-state index contributed by atoms with van der Waals surface area (Å²) >= 11 is 0. The molecular formula is C21H18F3N5O2. The lowest BCUT2D eigenvalue weighted by Crippen LogP contribution is -2.35. The monoisotopic (exact) mass is 429 g/mol. The molecule has 2 aliphatic rings. The molecule has 2 aromatic rings. The molecule has 4 rings (SSSR count). The Hall–Kier alpha value is -3.82. The Bertz CT molecular complexity index is 1050. The van der Waals surface area contributed by atoms with Crippen LogP contribution in [0.3, 0.4) is 0 Å². The number of nitrogens with zero attached hydrogens (tertiary/aromatic N) is 3. The summed E-state index contributed by atoms with van der Waals surface area (Å²) < 4.78 is 44.2.